The van der Waals surface area contributed by atoms with E-state index in [0.29, 0.717) is 23.5 Å². The Morgan fingerprint density at radius 1 is 1.19 bits per heavy atom. The zero-order valence-electron chi connectivity index (χ0n) is 11.7. The Bertz CT molecular complexity index is 645. The molecule has 0 heterocycles. The lowest BCUT2D eigenvalue weighted by atomic mass is 9.91. The summed E-state index contributed by atoms with van der Waals surface area (Å²) >= 11 is 0. The maximum absolute atomic E-state index is 12.8. The first-order valence-corrected chi connectivity index (χ1v) is 6.64. The lowest BCUT2D eigenvalue weighted by molar-refractivity contribution is 0.0490. The summed E-state index contributed by atoms with van der Waals surface area (Å²) in [6.45, 7) is 1.67. The number of nitrogens with zero attached hydrogens (tertiary/aromatic N) is 1. The summed E-state index contributed by atoms with van der Waals surface area (Å²) in [5, 5.41) is 19.0. The molecular weight excluding hydrogens is 269 g/mol. The van der Waals surface area contributed by atoms with Crippen molar-refractivity contribution in [1.82, 2.24) is 0 Å². The van der Waals surface area contributed by atoms with Crippen LogP contribution in [0.3, 0.4) is 0 Å². The standard InChI is InChI=1S/C17H16FNO2/c1-17(20,10-3-11-19)13-4-2-5-16(12-13)21-15-8-6-14(18)7-9-15/h2,4-9,12,20H,3,10H2,1H3. The number of ether oxygens (including phenoxy) is 1. The zero-order chi connectivity index (χ0) is 15.3. The highest BCUT2D eigenvalue weighted by atomic mass is 19.1. The van der Waals surface area contributed by atoms with Gasteiger partial charge in [0, 0.05) is 6.42 Å². The van der Waals surface area contributed by atoms with Crippen molar-refractivity contribution in [3.63, 3.8) is 0 Å². The molecule has 3 nitrogen and oxygen atoms in total. The molecular formula is C17H16FNO2. The third-order valence-electron chi connectivity index (χ3n) is 3.23. The summed E-state index contributed by atoms with van der Waals surface area (Å²) in [5.41, 5.74) is -0.407. The smallest absolute Gasteiger partial charge is 0.127 e. The Labute approximate surface area is 123 Å². The molecule has 0 radical (unpaired) electrons. The van der Waals surface area contributed by atoms with Gasteiger partial charge in [-0.25, -0.2) is 4.39 Å². The molecule has 0 aliphatic heterocycles. The zero-order valence-corrected chi connectivity index (χ0v) is 11.7. The van der Waals surface area contributed by atoms with Crippen molar-refractivity contribution in [2.75, 3.05) is 0 Å². The lowest BCUT2D eigenvalue weighted by Gasteiger charge is -2.23. The van der Waals surface area contributed by atoms with Gasteiger partial charge in [-0.1, -0.05) is 12.1 Å². The quantitative estimate of drug-likeness (QED) is 0.898. The second kappa shape index (κ2) is 6.38. The molecule has 2 rings (SSSR count). The fourth-order valence-electron chi connectivity index (χ4n) is 1.98. The maximum Gasteiger partial charge on any atom is 0.127 e. The number of halogens is 1. The van der Waals surface area contributed by atoms with Crippen molar-refractivity contribution < 1.29 is 14.2 Å². The topological polar surface area (TPSA) is 53.2 Å². The molecule has 21 heavy (non-hydrogen) atoms. The highest BCUT2D eigenvalue weighted by Gasteiger charge is 2.23. The fraction of sp³-hybridized carbons (Fsp3) is 0.235. The molecule has 108 valence electrons. The number of nitriles is 1. The molecule has 0 amide bonds. The van der Waals surface area contributed by atoms with Crippen molar-refractivity contribution in [2.24, 2.45) is 0 Å². The van der Waals surface area contributed by atoms with Crippen LogP contribution in [0.15, 0.2) is 48.5 Å². The molecule has 1 unspecified atom stereocenters. The summed E-state index contributed by atoms with van der Waals surface area (Å²) in [7, 11) is 0. The van der Waals surface area contributed by atoms with Crippen LogP contribution in [-0.2, 0) is 5.60 Å². The first kappa shape index (κ1) is 15.0. The van der Waals surface area contributed by atoms with Crippen molar-refractivity contribution >= 4 is 0 Å². The van der Waals surface area contributed by atoms with Gasteiger partial charge >= 0.3 is 0 Å². The Morgan fingerprint density at radius 2 is 1.90 bits per heavy atom. The Morgan fingerprint density at radius 3 is 2.57 bits per heavy atom. The third-order valence-corrected chi connectivity index (χ3v) is 3.23. The molecule has 0 aliphatic carbocycles. The summed E-state index contributed by atoms with van der Waals surface area (Å²) in [6, 6.07) is 14.8. The lowest BCUT2D eigenvalue weighted by Crippen LogP contribution is -2.20. The van der Waals surface area contributed by atoms with Crippen LogP contribution in [0, 0.1) is 17.1 Å². The number of hydrogen-bond acceptors (Lipinski definition) is 3. The summed E-state index contributed by atoms with van der Waals surface area (Å²) in [6.07, 6.45) is 0.625. The van der Waals surface area contributed by atoms with E-state index in [9.17, 15) is 9.50 Å². The van der Waals surface area contributed by atoms with Crippen LogP contribution in [0.1, 0.15) is 25.3 Å². The van der Waals surface area contributed by atoms with E-state index in [4.69, 9.17) is 10.00 Å². The number of benzene rings is 2. The van der Waals surface area contributed by atoms with Crippen LogP contribution >= 0.6 is 0 Å². The van der Waals surface area contributed by atoms with Gasteiger partial charge in [0.25, 0.3) is 0 Å². The summed E-state index contributed by atoms with van der Waals surface area (Å²) in [5.74, 6) is 0.747. The van der Waals surface area contributed by atoms with E-state index in [1.165, 1.54) is 24.3 Å². The van der Waals surface area contributed by atoms with Crippen LogP contribution < -0.4 is 4.74 Å². The molecule has 2 aromatic rings. The summed E-state index contributed by atoms with van der Waals surface area (Å²) in [4.78, 5) is 0. The minimum atomic E-state index is -1.09. The highest BCUT2D eigenvalue weighted by molar-refractivity contribution is 5.36. The van der Waals surface area contributed by atoms with Gasteiger partial charge in [-0.15, -0.1) is 0 Å². The fourth-order valence-corrected chi connectivity index (χ4v) is 1.98. The predicted octanol–water partition coefficient (Wildman–Crippen LogP) is 4.13. The second-order valence-corrected chi connectivity index (χ2v) is 5.02. The first-order valence-electron chi connectivity index (χ1n) is 6.64. The average molecular weight is 285 g/mol. The monoisotopic (exact) mass is 285 g/mol. The summed E-state index contributed by atoms with van der Waals surface area (Å²) < 4.78 is 18.5. The van der Waals surface area contributed by atoms with Crippen molar-refractivity contribution in [3.8, 4) is 17.6 Å². The SMILES string of the molecule is CC(O)(CCC#N)c1cccc(Oc2ccc(F)cc2)c1. The Kier molecular flexibility index (Phi) is 4.56. The molecule has 0 saturated carbocycles. The van der Waals surface area contributed by atoms with Gasteiger partial charge < -0.3 is 9.84 Å². The highest BCUT2D eigenvalue weighted by Crippen LogP contribution is 2.30. The van der Waals surface area contributed by atoms with Crippen molar-refractivity contribution in [3.05, 3.63) is 59.9 Å². The van der Waals surface area contributed by atoms with E-state index >= 15 is 0 Å². The van der Waals surface area contributed by atoms with Crippen LogP contribution in [0.4, 0.5) is 4.39 Å². The van der Waals surface area contributed by atoms with Gasteiger partial charge in [0.05, 0.1) is 11.7 Å². The van der Waals surface area contributed by atoms with Crippen molar-refractivity contribution in [1.29, 1.82) is 5.26 Å². The van der Waals surface area contributed by atoms with E-state index in [-0.39, 0.29) is 12.2 Å². The van der Waals surface area contributed by atoms with Crippen LogP contribution in [-0.4, -0.2) is 5.11 Å². The Hall–Kier alpha value is -2.38. The van der Waals surface area contributed by atoms with Crippen LogP contribution in [0.2, 0.25) is 0 Å². The molecule has 0 aliphatic rings. The average Bonchev–Trinajstić information content (AvgIpc) is 2.48. The predicted molar refractivity (Wildman–Crippen MR) is 77.3 cm³/mol. The second-order valence-electron chi connectivity index (χ2n) is 5.02. The van der Waals surface area contributed by atoms with Crippen LogP contribution in [0.25, 0.3) is 0 Å². The van der Waals surface area contributed by atoms with Gasteiger partial charge in [-0.3, -0.25) is 0 Å². The van der Waals surface area contributed by atoms with E-state index < -0.39 is 5.60 Å². The number of hydrogen-bond donors (Lipinski definition) is 1. The van der Waals surface area contributed by atoms with Gasteiger partial charge in [0.2, 0.25) is 0 Å². The molecule has 1 N–H and O–H groups in total. The maximum atomic E-state index is 12.8. The molecule has 0 spiro atoms. The van der Waals surface area contributed by atoms with Crippen molar-refractivity contribution in [2.45, 2.75) is 25.4 Å². The third kappa shape index (κ3) is 4.04. The number of rotatable bonds is 5. The minimum absolute atomic E-state index is 0.274. The largest absolute Gasteiger partial charge is 0.457 e. The van der Waals surface area contributed by atoms with E-state index in [2.05, 4.69) is 0 Å². The first-order chi connectivity index (χ1) is 10.0. The molecule has 0 bridgehead atoms. The van der Waals surface area contributed by atoms with E-state index in [1.54, 1.807) is 31.2 Å². The minimum Gasteiger partial charge on any atom is -0.457 e. The normalized spacial score (nSPS) is 13.2. The number of aliphatic hydroxyl groups is 1. The van der Waals surface area contributed by atoms with Gasteiger partial charge in [-0.2, -0.15) is 5.26 Å². The van der Waals surface area contributed by atoms with Gasteiger partial charge in [-0.05, 0) is 55.3 Å². The molecule has 0 saturated heterocycles. The molecule has 1 atom stereocenters. The molecule has 0 fully saturated rings. The molecule has 4 heteroatoms. The molecule has 2 aromatic carbocycles. The van der Waals surface area contributed by atoms with Gasteiger partial charge in [0.15, 0.2) is 0 Å². The Balaban J connectivity index is 2.17. The van der Waals surface area contributed by atoms with E-state index in [1.807, 2.05) is 6.07 Å². The molecule has 0 aromatic heterocycles. The van der Waals surface area contributed by atoms with E-state index in [0.717, 1.165) is 0 Å². The van der Waals surface area contributed by atoms with Crippen LogP contribution in [0.5, 0.6) is 11.5 Å². The van der Waals surface area contributed by atoms with Gasteiger partial charge in [0.1, 0.15) is 17.3 Å².